The molecule has 0 atom stereocenters. The van der Waals surface area contributed by atoms with Crippen LogP contribution < -0.4 is 47.7 Å². The van der Waals surface area contributed by atoms with Crippen LogP contribution >= 0.6 is 0 Å². The summed E-state index contributed by atoms with van der Waals surface area (Å²) in [6.45, 7) is 16.8. The van der Waals surface area contributed by atoms with Crippen molar-refractivity contribution in [3.8, 4) is 12.3 Å². The number of benzene rings is 4. The fraction of sp³-hybridized carbons (Fsp3) is 0.268. The van der Waals surface area contributed by atoms with Crippen molar-refractivity contribution in [1.82, 2.24) is 0 Å². The molecule has 18 radical (unpaired) electrons. The van der Waals surface area contributed by atoms with Crippen LogP contribution in [0.15, 0.2) is 76.5 Å². The average Bonchev–Trinajstić information content (AvgIpc) is 3.39. The minimum Gasteiger partial charge on any atom is -0.387 e. The van der Waals surface area contributed by atoms with Crippen LogP contribution in [-0.4, -0.2) is 84.1 Å². The molecule has 54 heavy (non-hydrogen) atoms. The summed E-state index contributed by atoms with van der Waals surface area (Å²) in [5, 5.41) is 3.57. The average molecular weight is 680 g/mol. The molecule has 0 spiro atoms. The second-order valence-corrected chi connectivity index (χ2v) is 16.1. The second kappa shape index (κ2) is 15.2. The van der Waals surface area contributed by atoms with Crippen molar-refractivity contribution in [1.29, 1.82) is 0 Å². The Bertz CT molecular complexity index is 2190. The van der Waals surface area contributed by atoms with Crippen LogP contribution in [-0.2, 0) is 10.8 Å². The Morgan fingerprint density at radius 2 is 1.17 bits per heavy atom. The number of hydrogen-bond acceptors (Lipinski definition) is 3. The normalized spacial score (nSPS) is 14.0. The van der Waals surface area contributed by atoms with Gasteiger partial charge in [-0.25, -0.2) is 0 Å². The molecular formula is C41H37B10N3. The summed E-state index contributed by atoms with van der Waals surface area (Å²) in [5.74, 6) is 2.35. The lowest BCUT2D eigenvalue weighted by Gasteiger charge is -2.36. The quantitative estimate of drug-likeness (QED) is 0.183. The molecule has 0 bridgehead atoms. The van der Waals surface area contributed by atoms with E-state index in [0.717, 1.165) is 39.3 Å². The predicted molar refractivity (Wildman–Crippen MR) is 244 cm³/mol. The number of nitrogens with one attached hydrogen (secondary N) is 1. The number of allylic oxidation sites excluding steroid dienone is 3. The van der Waals surface area contributed by atoms with E-state index in [9.17, 15) is 0 Å². The smallest absolute Gasteiger partial charge is 0.387 e. The van der Waals surface area contributed by atoms with Gasteiger partial charge in [0, 0.05) is 23.6 Å². The first kappa shape index (κ1) is 41.1. The SMILES string of the molecule is [B]/C(C#C)=C([B])/C([B])=C(/[B])CN1B(c2c(C)cc(C(C)(C)C)cc2C)N(c2c([B])c([B])c([B])c([B])c2[B])c2ccc(Nc3ccc(C(C)(C)C)cc3)cc21. The van der Waals surface area contributed by atoms with Gasteiger partial charge in [-0.15, -0.1) is 39.2 Å². The van der Waals surface area contributed by atoms with E-state index in [1.165, 1.54) is 11.1 Å². The molecule has 0 unspecified atom stereocenters. The van der Waals surface area contributed by atoms with Crippen LogP contribution in [0.3, 0.4) is 0 Å². The van der Waals surface area contributed by atoms with Gasteiger partial charge in [0.05, 0.1) is 11.4 Å². The number of aryl methyl sites for hydroxylation is 2. The van der Waals surface area contributed by atoms with E-state index in [0.29, 0.717) is 5.69 Å². The van der Waals surface area contributed by atoms with Crippen LogP contribution in [0.1, 0.15) is 63.8 Å². The lowest BCUT2D eigenvalue weighted by molar-refractivity contribution is 0.589. The van der Waals surface area contributed by atoms with Crippen molar-refractivity contribution in [2.75, 3.05) is 21.5 Å². The molecule has 1 heterocycles. The van der Waals surface area contributed by atoms with Gasteiger partial charge >= 0.3 is 6.98 Å². The van der Waals surface area contributed by atoms with Crippen molar-refractivity contribution in [3.05, 3.63) is 98.7 Å². The van der Waals surface area contributed by atoms with Gasteiger partial charge < -0.3 is 14.9 Å². The second-order valence-electron chi connectivity index (χ2n) is 16.1. The predicted octanol–water partition coefficient (Wildman–Crippen LogP) is 1.69. The summed E-state index contributed by atoms with van der Waals surface area (Å²) in [6, 6.07) is 18.8. The van der Waals surface area contributed by atoms with Crippen molar-refractivity contribution in [2.24, 2.45) is 0 Å². The van der Waals surface area contributed by atoms with Crippen LogP contribution in [0.25, 0.3) is 0 Å². The summed E-state index contributed by atoms with van der Waals surface area (Å²) in [7, 11) is 58.6. The molecule has 0 saturated heterocycles. The lowest BCUT2D eigenvalue weighted by Crippen LogP contribution is -2.62. The Labute approximate surface area is 336 Å². The van der Waals surface area contributed by atoms with Gasteiger partial charge in [-0.05, 0) is 71.6 Å². The van der Waals surface area contributed by atoms with E-state index in [-0.39, 0.29) is 66.6 Å². The molecule has 0 aliphatic carbocycles. The molecule has 0 aromatic heterocycles. The molecule has 1 aliphatic rings. The Morgan fingerprint density at radius 1 is 0.667 bits per heavy atom. The Kier molecular flexibility index (Phi) is 11.6. The van der Waals surface area contributed by atoms with E-state index >= 15 is 0 Å². The van der Waals surface area contributed by atoms with Gasteiger partial charge in [-0.3, -0.25) is 0 Å². The summed E-state index contributed by atoms with van der Waals surface area (Å²) >= 11 is 0. The summed E-state index contributed by atoms with van der Waals surface area (Å²) in [5.41, 5.74) is 10.2. The molecule has 4 aromatic rings. The highest BCUT2D eigenvalue weighted by Crippen LogP contribution is 2.44. The zero-order valence-electron chi connectivity index (χ0n) is 32.6. The zero-order chi connectivity index (χ0) is 40.2. The van der Waals surface area contributed by atoms with Crippen LogP contribution in [0.2, 0.25) is 0 Å². The molecule has 0 saturated carbocycles. The van der Waals surface area contributed by atoms with Crippen LogP contribution in [0.4, 0.5) is 28.4 Å². The standard InChI is InChI=1S/C41H37B10N3/c1-10-27(42)31(44)32(45)28(43)20-53-30-19-26(52-25-13-11-23(12-14-25)40(4,5)6)15-16-29(30)54(39-36(49)34(47)33(46)35(48)37(39)50)51(53)38-21(2)17-24(18-22(38)3)41(7,8)9/h1,11-19,52H,20H2,2-9H3/b31-27-,32-28-. The molecule has 246 valence electrons. The highest BCUT2D eigenvalue weighted by molar-refractivity contribution is 6.85. The first-order valence-electron chi connectivity index (χ1n) is 17.7. The van der Waals surface area contributed by atoms with E-state index in [1.807, 2.05) is 23.0 Å². The largest absolute Gasteiger partial charge is 0.416 e. The highest BCUT2D eigenvalue weighted by atomic mass is 15.3. The maximum absolute atomic E-state index is 6.82. The fourth-order valence-electron chi connectivity index (χ4n) is 6.93. The van der Waals surface area contributed by atoms with Gasteiger partial charge in [-0.1, -0.05) is 99.3 Å². The molecule has 3 nitrogen and oxygen atoms in total. The molecular weight excluding hydrogens is 643 g/mol. The molecule has 1 N–H and O–H groups in total. The minimum atomic E-state index is -0.594. The van der Waals surface area contributed by atoms with Gasteiger partial charge in [-0.2, -0.15) is 0 Å². The number of terminal acetylenes is 1. The van der Waals surface area contributed by atoms with Gasteiger partial charge in [0.15, 0.2) is 0 Å². The summed E-state index contributed by atoms with van der Waals surface area (Å²) in [6.07, 6.45) is 5.56. The first-order chi connectivity index (χ1) is 25.1. The summed E-state index contributed by atoms with van der Waals surface area (Å²) in [4.78, 5) is 4.16. The summed E-state index contributed by atoms with van der Waals surface area (Å²) < 4.78 is 0. The maximum atomic E-state index is 6.82. The highest BCUT2D eigenvalue weighted by Gasteiger charge is 2.45. The number of anilines is 5. The van der Waals surface area contributed by atoms with Crippen molar-refractivity contribution in [2.45, 2.75) is 66.2 Å². The number of nitrogens with zero attached hydrogens (tertiary/aromatic N) is 2. The van der Waals surface area contributed by atoms with Gasteiger partial charge in [0.1, 0.15) is 70.6 Å². The molecule has 1 aliphatic heterocycles. The zero-order valence-corrected chi connectivity index (χ0v) is 32.6. The van der Waals surface area contributed by atoms with E-state index in [1.54, 1.807) is 0 Å². The lowest BCUT2D eigenvalue weighted by atomic mass is 9.57. The Morgan fingerprint density at radius 3 is 1.67 bits per heavy atom. The molecule has 13 heteroatoms. The Balaban J connectivity index is 1.83. The molecule has 4 aromatic carbocycles. The molecule has 0 fully saturated rings. The van der Waals surface area contributed by atoms with Crippen LogP contribution in [0.5, 0.6) is 0 Å². The van der Waals surface area contributed by atoms with Crippen molar-refractivity contribution >= 4 is 139 Å². The van der Waals surface area contributed by atoms with Gasteiger partial charge in [0.2, 0.25) is 0 Å². The first-order valence-corrected chi connectivity index (χ1v) is 17.7. The van der Waals surface area contributed by atoms with E-state index < -0.39 is 6.98 Å². The van der Waals surface area contributed by atoms with E-state index in [4.69, 9.17) is 77.0 Å². The van der Waals surface area contributed by atoms with Gasteiger partial charge in [0.25, 0.3) is 0 Å². The number of rotatable bonds is 7. The fourth-order valence-corrected chi connectivity index (χ4v) is 6.93. The molecule has 0 amide bonds. The maximum Gasteiger partial charge on any atom is 0.416 e. The third-order valence-electron chi connectivity index (χ3n) is 10.2. The third kappa shape index (κ3) is 7.73. The monoisotopic (exact) mass is 681 g/mol. The van der Waals surface area contributed by atoms with Crippen molar-refractivity contribution in [3.63, 3.8) is 0 Å². The molecule has 5 rings (SSSR count). The Hall–Kier alpha value is -4.03. The third-order valence-corrected chi connectivity index (χ3v) is 10.2. The number of fused-ring (bicyclic) bond motifs is 1. The van der Waals surface area contributed by atoms with E-state index in [2.05, 4.69) is 108 Å². The number of hydrogen-bond donors (Lipinski definition) is 1. The minimum absolute atomic E-state index is 0.0164. The van der Waals surface area contributed by atoms with Crippen LogP contribution in [0, 0.1) is 26.2 Å². The van der Waals surface area contributed by atoms with Crippen molar-refractivity contribution < 1.29 is 0 Å². The topological polar surface area (TPSA) is 18.5 Å².